The maximum absolute atomic E-state index is 5.61. The lowest BCUT2D eigenvalue weighted by molar-refractivity contribution is 0.355. The van der Waals surface area contributed by atoms with Crippen LogP contribution < -0.4 is 14.8 Å². The minimum atomic E-state index is 0.729. The molecular formula is C27H23NO2. The molecule has 0 saturated heterocycles. The van der Waals surface area contributed by atoms with E-state index in [2.05, 4.69) is 90.3 Å². The third kappa shape index (κ3) is 3.18. The Morgan fingerprint density at radius 1 is 0.733 bits per heavy atom. The quantitative estimate of drug-likeness (QED) is 0.430. The van der Waals surface area contributed by atoms with Crippen molar-refractivity contribution in [1.82, 2.24) is 0 Å². The number of anilines is 1. The number of fused-ring (bicyclic) bond motifs is 2. The van der Waals surface area contributed by atoms with Crippen molar-refractivity contribution in [1.29, 1.82) is 0 Å². The largest absolute Gasteiger partial charge is 0.493 e. The second kappa shape index (κ2) is 7.60. The van der Waals surface area contributed by atoms with E-state index in [1.165, 1.54) is 27.6 Å². The highest BCUT2D eigenvalue weighted by Gasteiger charge is 2.17. The lowest BCUT2D eigenvalue weighted by atomic mass is 9.94. The van der Waals surface area contributed by atoms with E-state index < -0.39 is 0 Å². The molecule has 1 aliphatic rings. The van der Waals surface area contributed by atoms with Crippen molar-refractivity contribution in [3.05, 3.63) is 90.0 Å². The maximum atomic E-state index is 5.61. The van der Waals surface area contributed by atoms with Gasteiger partial charge in [-0.1, -0.05) is 54.6 Å². The predicted octanol–water partition coefficient (Wildman–Crippen LogP) is 6.49. The first kappa shape index (κ1) is 18.3. The molecule has 1 aliphatic heterocycles. The highest BCUT2D eigenvalue weighted by Crippen LogP contribution is 2.40. The third-order valence-electron chi connectivity index (χ3n) is 5.69. The molecule has 5 rings (SSSR count). The molecular weight excluding hydrogens is 370 g/mol. The summed E-state index contributed by atoms with van der Waals surface area (Å²) in [6.07, 6.45) is 2.26. The molecule has 0 radical (unpaired) electrons. The van der Waals surface area contributed by atoms with Gasteiger partial charge >= 0.3 is 0 Å². The van der Waals surface area contributed by atoms with Crippen molar-refractivity contribution in [2.45, 2.75) is 0 Å². The molecule has 3 nitrogen and oxygen atoms in total. The van der Waals surface area contributed by atoms with E-state index in [9.17, 15) is 0 Å². The first-order valence-electron chi connectivity index (χ1n) is 10.1. The van der Waals surface area contributed by atoms with E-state index in [4.69, 9.17) is 9.47 Å². The van der Waals surface area contributed by atoms with Crippen LogP contribution in [-0.4, -0.2) is 20.8 Å². The van der Waals surface area contributed by atoms with E-state index in [1.54, 1.807) is 14.2 Å². The average molecular weight is 393 g/mol. The van der Waals surface area contributed by atoms with E-state index in [1.807, 2.05) is 0 Å². The topological polar surface area (TPSA) is 30.5 Å². The van der Waals surface area contributed by atoms with Gasteiger partial charge in [0, 0.05) is 17.8 Å². The zero-order valence-corrected chi connectivity index (χ0v) is 17.1. The van der Waals surface area contributed by atoms with Crippen LogP contribution in [0.25, 0.3) is 33.5 Å². The fourth-order valence-corrected chi connectivity index (χ4v) is 4.14. The molecule has 4 aromatic carbocycles. The van der Waals surface area contributed by atoms with Crippen LogP contribution in [0.15, 0.2) is 78.9 Å². The molecule has 0 spiro atoms. The van der Waals surface area contributed by atoms with Gasteiger partial charge in [-0.3, -0.25) is 0 Å². The molecule has 0 aromatic heterocycles. The van der Waals surface area contributed by atoms with Crippen LogP contribution >= 0.6 is 0 Å². The Kier molecular flexibility index (Phi) is 4.64. The number of benzene rings is 4. The van der Waals surface area contributed by atoms with Gasteiger partial charge in [-0.25, -0.2) is 0 Å². The minimum absolute atomic E-state index is 0.729. The average Bonchev–Trinajstić information content (AvgIpc) is 3.21. The Morgan fingerprint density at radius 2 is 1.47 bits per heavy atom. The second-order valence-electron chi connectivity index (χ2n) is 7.43. The predicted molar refractivity (Wildman–Crippen MR) is 125 cm³/mol. The fraction of sp³-hybridized carbons (Fsp3) is 0.111. The molecule has 1 N–H and O–H groups in total. The highest BCUT2D eigenvalue weighted by molar-refractivity contribution is 5.97. The van der Waals surface area contributed by atoms with Crippen molar-refractivity contribution in [2.24, 2.45) is 0 Å². The number of nitrogens with one attached hydrogen (secondary N) is 1. The summed E-state index contributed by atoms with van der Waals surface area (Å²) in [6, 6.07) is 27.6. The Labute approximate surface area is 176 Å². The van der Waals surface area contributed by atoms with Gasteiger partial charge < -0.3 is 14.8 Å². The van der Waals surface area contributed by atoms with E-state index in [0.717, 1.165) is 34.7 Å². The summed E-state index contributed by atoms with van der Waals surface area (Å²) < 4.78 is 11.2. The summed E-state index contributed by atoms with van der Waals surface area (Å²) in [5.41, 5.74) is 7.07. The van der Waals surface area contributed by atoms with Crippen LogP contribution in [0.5, 0.6) is 11.5 Å². The molecule has 0 unspecified atom stereocenters. The van der Waals surface area contributed by atoms with Gasteiger partial charge in [0.15, 0.2) is 11.5 Å². The molecule has 0 aliphatic carbocycles. The molecule has 3 heteroatoms. The molecule has 0 amide bonds. The Balaban J connectivity index is 1.70. The third-order valence-corrected chi connectivity index (χ3v) is 5.69. The van der Waals surface area contributed by atoms with Crippen LogP contribution in [0, 0.1) is 0 Å². The summed E-state index contributed by atoms with van der Waals surface area (Å²) in [4.78, 5) is 0. The van der Waals surface area contributed by atoms with E-state index in [0.29, 0.717) is 0 Å². The van der Waals surface area contributed by atoms with Gasteiger partial charge in [0.2, 0.25) is 0 Å². The number of methoxy groups -OCH3 is 2. The first-order chi connectivity index (χ1) is 14.8. The molecule has 30 heavy (non-hydrogen) atoms. The van der Waals surface area contributed by atoms with Crippen LogP contribution in [0.3, 0.4) is 0 Å². The highest BCUT2D eigenvalue weighted by atomic mass is 16.5. The number of para-hydroxylation sites is 1. The Hall–Kier alpha value is -3.72. The van der Waals surface area contributed by atoms with Crippen molar-refractivity contribution in [2.75, 3.05) is 26.1 Å². The summed E-state index contributed by atoms with van der Waals surface area (Å²) in [6.45, 7) is 0.810. The summed E-state index contributed by atoms with van der Waals surface area (Å²) in [5.74, 6) is 1.46. The smallest absolute Gasteiger partial charge is 0.161 e. The van der Waals surface area contributed by atoms with Crippen LogP contribution in [0.4, 0.5) is 5.69 Å². The lowest BCUT2D eigenvalue weighted by Crippen LogP contribution is -1.95. The SMILES string of the molecule is COc1cc(C=C2CNc3ccccc32)c(-c2ccc3ccccc3c2)cc1OC. The van der Waals surface area contributed by atoms with Gasteiger partial charge in [-0.15, -0.1) is 0 Å². The van der Waals surface area contributed by atoms with Gasteiger partial charge in [-0.05, 0) is 63.4 Å². The zero-order chi connectivity index (χ0) is 20.5. The number of hydrogen-bond acceptors (Lipinski definition) is 3. The number of rotatable bonds is 4. The minimum Gasteiger partial charge on any atom is -0.493 e. The zero-order valence-electron chi connectivity index (χ0n) is 17.1. The fourth-order valence-electron chi connectivity index (χ4n) is 4.14. The van der Waals surface area contributed by atoms with E-state index in [-0.39, 0.29) is 0 Å². The van der Waals surface area contributed by atoms with Crippen LogP contribution in [0.1, 0.15) is 11.1 Å². The van der Waals surface area contributed by atoms with Crippen molar-refractivity contribution in [3.63, 3.8) is 0 Å². The number of ether oxygens (including phenoxy) is 2. The molecule has 0 atom stereocenters. The Morgan fingerprint density at radius 3 is 2.30 bits per heavy atom. The van der Waals surface area contributed by atoms with Gasteiger partial charge in [-0.2, -0.15) is 0 Å². The normalized spacial score (nSPS) is 13.9. The second-order valence-corrected chi connectivity index (χ2v) is 7.43. The molecule has 148 valence electrons. The van der Waals surface area contributed by atoms with Crippen molar-refractivity contribution >= 4 is 28.1 Å². The molecule has 0 fully saturated rings. The molecule has 1 heterocycles. The van der Waals surface area contributed by atoms with Crippen LogP contribution in [-0.2, 0) is 0 Å². The van der Waals surface area contributed by atoms with Gasteiger partial charge in [0.1, 0.15) is 0 Å². The molecule has 0 bridgehead atoms. The van der Waals surface area contributed by atoms with Gasteiger partial charge in [0.05, 0.1) is 14.2 Å². The molecule has 4 aromatic rings. The summed E-state index contributed by atoms with van der Waals surface area (Å²) >= 11 is 0. The number of hydrogen-bond donors (Lipinski definition) is 1. The van der Waals surface area contributed by atoms with E-state index >= 15 is 0 Å². The Bertz CT molecular complexity index is 1270. The van der Waals surface area contributed by atoms with Crippen molar-refractivity contribution in [3.8, 4) is 22.6 Å². The lowest BCUT2D eigenvalue weighted by Gasteiger charge is -2.15. The standard InChI is InChI=1S/C27H23NO2/c1-29-26-15-21(14-22-17-28-25-10-6-5-9-23(22)25)24(16-27(26)30-2)20-12-11-18-7-3-4-8-19(18)13-20/h3-16,28H,17H2,1-2H3. The van der Waals surface area contributed by atoms with Crippen LogP contribution in [0.2, 0.25) is 0 Å². The first-order valence-corrected chi connectivity index (χ1v) is 10.1. The van der Waals surface area contributed by atoms with Gasteiger partial charge in [0.25, 0.3) is 0 Å². The maximum Gasteiger partial charge on any atom is 0.161 e. The van der Waals surface area contributed by atoms with Crippen molar-refractivity contribution < 1.29 is 9.47 Å². The molecule has 0 saturated carbocycles. The summed E-state index contributed by atoms with van der Waals surface area (Å²) in [7, 11) is 3.36. The summed E-state index contributed by atoms with van der Waals surface area (Å²) in [5, 5.41) is 5.93. The monoisotopic (exact) mass is 393 g/mol.